The van der Waals surface area contributed by atoms with E-state index in [1.807, 2.05) is 18.3 Å². The van der Waals surface area contributed by atoms with Gasteiger partial charge in [-0.25, -0.2) is 4.98 Å². The maximum atomic E-state index is 5.29. The van der Waals surface area contributed by atoms with Crippen LogP contribution < -0.4 is 10.1 Å². The van der Waals surface area contributed by atoms with Crippen molar-refractivity contribution in [3.63, 3.8) is 0 Å². The molecule has 1 N–H and O–H groups in total. The van der Waals surface area contributed by atoms with Crippen LogP contribution in [0.4, 0.5) is 5.82 Å². The third-order valence-electron chi connectivity index (χ3n) is 4.27. The molecule has 1 aromatic heterocycles. The average molecular weight is 285 g/mol. The Kier molecular flexibility index (Phi) is 4.25. The number of hydrogen-bond donors (Lipinski definition) is 1. The molecule has 1 saturated heterocycles. The van der Waals surface area contributed by atoms with E-state index in [9.17, 15) is 0 Å². The molecule has 2 heterocycles. The number of pyridine rings is 1. The summed E-state index contributed by atoms with van der Waals surface area (Å²) in [6.07, 6.45) is 4.33. The summed E-state index contributed by atoms with van der Waals surface area (Å²) < 4.78 is 5.29. The van der Waals surface area contributed by atoms with E-state index in [1.54, 1.807) is 7.11 Å². The number of benzene rings is 1. The van der Waals surface area contributed by atoms with Crippen molar-refractivity contribution in [3.8, 4) is 5.75 Å². The minimum absolute atomic E-state index is 0.485. The van der Waals surface area contributed by atoms with Crippen molar-refractivity contribution in [3.05, 3.63) is 30.5 Å². The number of nitrogens with one attached hydrogen (secondary N) is 1. The molecule has 0 aliphatic carbocycles. The zero-order chi connectivity index (χ0) is 14.7. The predicted molar refractivity (Wildman–Crippen MR) is 87.1 cm³/mol. The van der Waals surface area contributed by atoms with Gasteiger partial charge in [-0.15, -0.1) is 0 Å². The minimum Gasteiger partial charge on any atom is -0.497 e. The largest absolute Gasteiger partial charge is 0.497 e. The van der Waals surface area contributed by atoms with Gasteiger partial charge in [0, 0.05) is 24.2 Å². The normalized spacial score (nSPS) is 19.6. The highest BCUT2D eigenvalue weighted by atomic mass is 16.5. The number of methoxy groups -OCH3 is 1. The first-order chi connectivity index (χ1) is 10.3. The van der Waals surface area contributed by atoms with E-state index >= 15 is 0 Å². The van der Waals surface area contributed by atoms with E-state index in [2.05, 4.69) is 34.3 Å². The predicted octanol–water partition coefficient (Wildman–Crippen LogP) is 3.14. The fraction of sp³-hybridized carbons (Fsp3) is 0.471. The third kappa shape index (κ3) is 3.10. The number of aromatic nitrogens is 1. The zero-order valence-electron chi connectivity index (χ0n) is 12.8. The Labute approximate surface area is 126 Å². The van der Waals surface area contributed by atoms with Crippen LogP contribution in [0.1, 0.15) is 19.8 Å². The van der Waals surface area contributed by atoms with Gasteiger partial charge in [-0.1, -0.05) is 6.92 Å². The summed E-state index contributed by atoms with van der Waals surface area (Å²) in [5.74, 6) is 1.87. The van der Waals surface area contributed by atoms with Gasteiger partial charge in [0.1, 0.15) is 11.6 Å². The van der Waals surface area contributed by atoms with Crippen molar-refractivity contribution in [2.24, 2.45) is 0 Å². The summed E-state index contributed by atoms with van der Waals surface area (Å²) in [7, 11) is 1.70. The summed E-state index contributed by atoms with van der Waals surface area (Å²) in [4.78, 5) is 7.03. The van der Waals surface area contributed by atoms with E-state index in [1.165, 1.54) is 19.4 Å². The van der Waals surface area contributed by atoms with Gasteiger partial charge < -0.3 is 15.0 Å². The topological polar surface area (TPSA) is 37.4 Å². The van der Waals surface area contributed by atoms with Crippen LogP contribution in [0, 0.1) is 0 Å². The number of fused-ring (bicyclic) bond motifs is 1. The molecule has 1 unspecified atom stereocenters. The van der Waals surface area contributed by atoms with Gasteiger partial charge in [0.25, 0.3) is 0 Å². The van der Waals surface area contributed by atoms with Crippen LogP contribution in [-0.4, -0.2) is 42.7 Å². The SMILES string of the molecule is CCN1CCCC(Nc2nccc3cc(OC)ccc23)C1. The third-order valence-corrected chi connectivity index (χ3v) is 4.27. The van der Waals surface area contributed by atoms with E-state index in [0.717, 1.165) is 35.4 Å². The molecular weight excluding hydrogens is 262 g/mol. The van der Waals surface area contributed by atoms with Crippen LogP contribution in [-0.2, 0) is 0 Å². The van der Waals surface area contributed by atoms with Crippen LogP contribution in [0.5, 0.6) is 5.75 Å². The minimum atomic E-state index is 0.485. The molecule has 0 spiro atoms. The number of hydrogen-bond acceptors (Lipinski definition) is 4. The van der Waals surface area contributed by atoms with Crippen molar-refractivity contribution in [1.82, 2.24) is 9.88 Å². The maximum absolute atomic E-state index is 5.29. The monoisotopic (exact) mass is 285 g/mol. The molecule has 1 atom stereocenters. The molecule has 0 radical (unpaired) electrons. The summed E-state index contributed by atoms with van der Waals surface area (Å²) in [5, 5.41) is 5.95. The van der Waals surface area contributed by atoms with Crippen LogP contribution in [0.3, 0.4) is 0 Å². The molecule has 21 heavy (non-hydrogen) atoms. The molecule has 112 valence electrons. The second-order valence-electron chi connectivity index (χ2n) is 5.62. The van der Waals surface area contributed by atoms with Gasteiger partial charge in [-0.2, -0.15) is 0 Å². The summed E-state index contributed by atoms with van der Waals surface area (Å²) >= 11 is 0. The molecule has 3 rings (SSSR count). The van der Waals surface area contributed by atoms with Crippen LogP contribution >= 0.6 is 0 Å². The highest BCUT2D eigenvalue weighted by molar-refractivity contribution is 5.92. The number of likely N-dealkylation sites (tertiary alicyclic amines) is 1. The summed E-state index contributed by atoms with van der Waals surface area (Å²) in [5.41, 5.74) is 0. The van der Waals surface area contributed by atoms with Crippen LogP contribution in [0.15, 0.2) is 30.5 Å². The molecule has 1 aliphatic rings. The Hall–Kier alpha value is -1.81. The van der Waals surface area contributed by atoms with Crippen LogP contribution in [0.2, 0.25) is 0 Å². The molecule has 4 nitrogen and oxygen atoms in total. The molecule has 4 heteroatoms. The summed E-state index contributed by atoms with van der Waals surface area (Å²) in [6, 6.07) is 8.65. The quantitative estimate of drug-likeness (QED) is 0.936. The Bertz CT molecular complexity index is 614. The number of rotatable bonds is 4. The molecule has 0 amide bonds. The van der Waals surface area contributed by atoms with E-state index in [-0.39, 0.29) is 0 Å². The molecule has 2 aromatic rings. The first-order valence-corrected chi connectivity index (χ1v) is 7.72. The number of piperidine rings is 1. The molecular formula is C17H23N3O. The zero-order valence-corrected chi connectivity index (χ0v) is 12.8. The van der Waals surface area contributed by atoms with Crippen molar-refractivity contribution < 1.29 is 4.74 Å². The second kappa shape index (κ2) is 6.31. The van der Waals surface area contributed by atoms with Gasteiger partial charge in [-0.3, -0.25) is 0 Å². The van der Waals surface area contributed by atoms with Gasteiger partial charge in [0.15, 0.2) is 0 Å². The van der Waals surface area contributed by atoms with Gasteiger partial charge in [0.2, 0.25) is 0 Å². The Morgan fingerprint density at radius 2 is 2.29 bits per heavy atom. The van der Waals surface area contributed by atoms with E-state index < -0.39 is 0 Å². The van der Waals surface area contributed by atoms with Crippen molar-refractivity contribution >= 4 is 16.6 Å². The average Bonchev–Trinajstić information content (AvgIpc) is 2.55. The first kappa shape index (κ1) is 14.1. The lowest BCUT2D eigenvalue weighted by Crippen LogP contribution is -2.42. The number of anilines is 1. The Morgan fingerprint density at radius 3 is 3.10 bits per heavy atom. The van der Waals surface area contributed by atoms with Gasteiger partial charge in [-0.05, 0) is 55.6 Å². The van der Waals surface area contributed by atoms with E-state index in [4.69, 9.17) is 4.74 Å². The Morgan fingerprint density at radius 1 is 1.38 bits per heavy atom. The van der Waals surface area contributed by atoms with Gasteiger partial charge in [0.05, 0.1) is 7.11 Å². The fourth-order valence-electron chi connectivity index (χ4n) is 3.05. The molecule has 1 aliphatic heterocycles. The van der Waals surface area contributed by atoms with Gasteiger partial charge >= 0.3 is 0 Å². The van der Waals surface area contributed by atoms with Crippen molar-refractivity contribution in [2.45, 2.75) is 25.8 Å². The molecule has 0 bridgehead atoms. The lowest BCUT2D eigenvalue weighted by atomic mass is 10.1. The molecule has 0 saturated carbocycles. The number of likely N-dealkylation sites (N-methyl/N-ethyl adjacent to an activating group) is 1. The standard InChI is InChI=1S/C17H23N3O/c1-3-20-10-4-5-14(12-20)19-17-16-7-6-15(21-2)11-13(16)8-9-18-17/h6-9,11,14H,3-5,10,12H2,1-2H3,(H,18,19). The summed E-state index contributed by atoms with van der Waals surface area (Å²) in [6.45, 7) is 5.67. The van der Waals surface area contributed by atoms with Crippen molar-refractivity contribution in [1.29, 1.82) is 0 Å². The fourth-order valence-corrected chi connectivity index (χ4v) is 3.05. The highest BCUT2D eigenvalue weighted by Crippen LogP contribution is 2.26. The number of ether oxygens (including phenoxy) is 1. The molecule has 1 fully saturated rings. The van der Waals surface area contributed by atoms with E-state index in [0.29, 0.717) is 6.04 Å². The Balaban J connectivity index is 1.83. The first-order valence-electron chi connectivity index (χ1n) is 7.72. The lowest BCUT2D eigenvalue weighted by Gasteiger charge is -2.32. The highest BCUT2D eigenvalue weighted by Gasteiger charge is 2.19. The number of nitrogens with zero attached hydrogens (tertiary/aromatic N) is 2. The van der Waals surface area contributed by atoms with Crippen LogP contribution in [0.25, 0.3) is 10.8 Å². The lowest BCUT2D eigenvalue weighted by molar-refractivity contribution is 0.226. The smallest absolute Gasteiger partial charge is 0.134 e. The van der Waals surface area contributed by atoms with Crippen molar-refractivity contribution in [2.75, 3.05) is 32.1 Å². The molecule has 1 aromatic carbocycles. The maximum Gasteiger partial charge on any atom is 0.134 e. The second-order valence-corrected chi connectivity index (χ2v) is 5.62.